The van der Waals surface area contributed by atoms with Gasteiger partial charge in [0.1, 0.15) is 0 Å². The Morgan fingerprint density at radius 2 is 1.02 bits per heavy atom. The molecular formula is C65H74N6O10S. The maximum atomic E-state index is 13.3. The number of benzene rings is 6. The van der Waals surface area contributed by atoms with Crippen LogP contribution in [0.25, 0.3) is 5.57 Å². The molecule has 1 fully saturated rings. The molecule has 16 nitrogen and oxygen atoms in total. The number of carbonyl (C=O) groups is 6. The first-order chi connectivity index (χ1) is 39.2. The van der Waals surface area contributed by atoms with Gasteiger partial charge in [-0.25, -0.2) is 18.0 Å². The fourth-order valence-corrected chi connectivity index (χ4v) is 10.7. The highest BCUT2D eigenvalue weighted by atomic mass is 32.2. The van der Waals surface area contributed by atoms with Crippen molar-refractivity contribution in [3.63, 3.8) is 0 Å². The molecule has 2 atom stereocenters. The van der Waals surface area contributed by atoms with Gasteiger partial charge in [0.05, 0.1) is 29.8 Å². The second-order valence-corrected chi connectivity index (χ2v) is 23.9. The molecule has 2 unspecified atom stereocenters. The van der Waals surface area contributed by atoms with Gasteiger partial charge in [-0.3, -0.25) is 19.2 Å². The highest BCUT2D eigenvalue weighted by Crippen LogP contribution is 2.35. The van der Waals surface area contributed by atoms with Crippen LogP contribution in [-0.2, 0) is 24.8 Å². The van der Waals surface area contributed by atoms with Crippen molar-refractivity contribution in [2.45, 2.75) is 120 Å². The zero-order valence-electron chi connectivity index (χ0n) is 46.9. The lowest BCUT2D eigenvalue weighted by Crippen LogP contribution is -2.33. The van der Waals surface area contributed by atoms with E-state index < -0.39 is 45.8 Å². The molecule has 0 radical (unpaired) electrons. The van der Waals surface area contributed by atoms with Crippen molar-refractivity contribution < 1.29 is 47.4 Å². The van der Waals surface area contributed by atoms with Gasteiger partial charge in [0.15, 0.2) is 9.84 Å². The van der Waals surface area contributed by atoms with Gasteiger partial charge >= 0.3 is 24.0 Å². The maximum absolute atomic E-state index is 13.3. The van der Waals surface area contributed by atoms with Gasteiger partial charge in [-0.2, -0.15) is 0 Å². The molecule has 6 aromatic carbocycles. The van der Waals surface area contributed by atoms with Crippen molar-refractivity contribution in [2.75, 3.05) is 30.0 Å². The fourth-order valence-electron chi connectivity index (χ4n) is 9.99. The normalized spacial score (nSPS) is 14.3. The van der Waals surface area contributed by atoms with Crippen LogP contribution in [0.3, 0.4) is 0 Å². The van der Waals surface area contributed by atoms with Crippen LogP contribution >= 0.6 is 0 Å². The largest absolute Gasteiger partial charge is 0.481 e. The second kappa shape index (κ2) is 28.7. The van der Waals surface area contributed by atoms with Gasteiger partial charge < -0.3 is 42.1 Å². The van der Waals surface area contributed by atoms with Crippen LogP contribution in [0.1, 0.15) is 169 Å². The summed E-state index contributed by atoms with van der Waals surface area (Å²) in [4.78, 5) is 72.8. The Morgan fingerprint density at radius 3 is 1.48 bits per heavy atom. The SMILES string of the molecule is CC(C)(C)c1cccc(NC(=O)NC(c2ccc(C(=O)NCCC(=O)O)cc2)c2ccc(C3CCCCC3)cc2)c1.CS(=O)(=O)c1cccc(NC(=O)NC(c2ccc(C(=O)NCCC(=O)O)cc2)c2ccc(C3=CCCCC3)cc2)c1. The third kappa shape index (κ3) is 18.2. The van der Waals surface area contributed by atoms with Gasteiger partial charge in [-0.1, -0.05) is 137 Å². The first kappa shape index (κ1) is 61.1. The van der Waals surface area contributed by atoms with Crippen molar-refractivity contribution in [2.24, 2.45) is 0 Å². The summed E-state index contributed by atoms with van der Waals surface area (Å²) in [6.07, 6.45) is 13.8. The van der Waals surface area contributed by atoms with Gasteiger partial charge in [-0.15, -0.1) is 0 Å². The number of carbonyl (C=O) groups excluding carboxylic acids is 4. The van der Waals surface area contributed by atoms with Crippen LogP contribution in [0.2, 0.25) is 0 Å². The van der Waals surface area contributed by atoms with Crippen LogP contribution < -0.4 is 31.9 Å². The number of carboxylic acids is 2. The van der Waals surface area contributed by atoms with E-state index in [9.17, 15) is 37.2 Å². The second-order valence-electron chi connectivity index (χ2n) is 21.8. The number of carboxylic acid groups (broad SMARTS) is 2. The molecule has 6 aromatic rings. The average molecular weight is 1130 g/mol. The number of hydrogen-bond acceptors (Lipinski definition) is 8. The molecule has 1 saturated carbocycles. The molecule has 0 bridgehead atoms. The summed E-state index contributed by atoms with van der Waals surface area (Å²) in [6, 6.07) is 42.3. The molecule has 17 heteroatoms. The predicted molar refractivity (Wildman–Crippen MR) is 320 cm³/mol. The topological polar surface area (TPSA) is 249 Å². The number of sulfone groups is 1. The van der Waals surface area contributed by atoms with E-state index in [4.69, 9.17) is 10.2 Å². The summed E-state index contributed by atoms with van der Waals surface area (Å²) >= 11 is 0. The molecule has 8 rings (SSSR count). The molecule has 8 N–H and O–H groups in total. The number of amides is 6. The standard InChI is InChI=1S/C34H41N3O4.C31H33N3O6S/c1-34(2,3)28-10-7-11-29(22-28)36-33(41)37-31(25-14-12-24(13-15-25)23-8-5-4-6-9-23)26-16-18-27(19-17-26)32(40)35-21-20-30(38)39;1-41(39,40)27-9-5-8-26(20-27)33-31(38)34-29(23-12-10-22(11-13-23)21-6-3-2-4-7-21)24-14-16-25(17-15-24)30(37)32-19-18-28(35)36/h7,10-19,22-23,31H,4-6,8-9,20-21H2,1-3H3,(H,35,40)(H,38,39)(H2,36,37,41);5-6,8-17,20,29H,2-4,7,18-19H2,1H3,(H,32,37)(H,35,36)(H2,33,34,38). The summed E-state index contributed by atoms with van der Waals surface area (Å²) in [6.45, 7) is 6.48. The monoisotopic (exact) mass is 1130 g/mol. The lowest BCUT2D eigenvalue weighted by molar-refractivity contribution is -0.137. The van der Waals surface area contributed by atoms with E-state index in [1.165, 1.54) is 61.8 Å². The van der Waals surface area contributed by atoms with E-state index in [-0.39, 0.29) is 48.2 Å². The molecule has 2 aliphatic rings. The number of anilines is 2. The minimum Gasteiger partial charge on any atom is -0.481 e. The molecule has 2 aliphatic carbocycles. The van der Waals surface area contributed by atoms with E-state index in [1.807, 2.05) is 54.6 Å². The summed E-state index contributed by atoms with van der Waals surface area (Å²) < 4.78 is 23.9. The Morgan fingerprint density at radius 1 is 0.561 bits per heavy atom. The number of allylic oxidation sites excluding steroid dienone is 2. The number of hydrogen-bond donors (Lipinski definition) is 8. The quantitative estimate of drug-likeness (QED) is 0.0381. The number of rotatable bonds is 19. The maximum Gasteiger partial charge on any atom is 0.319 e. The smallest absolute Gasteiger partial charge is 0.319 e. The lowest BCUT2D eigenvalue weighted by Gasteiger charge is -2.24. The van der Waals surface area contributed by atoms with Crippen molar-refractivity contribution in [1.82, 2.24) is 21.3 Å². The molecule has 0 spiro atoms. The van der Waals surface area contributed by atoms with Crippen LogP contribution in [-0.4, -0.2) is 73.8 Å². The fraction of sp³-hybridized carbons (Fsp3) is 0.323. The summed E-state index contributed by atoms with van der Waals surface area (Å²) in [5.74, 6) is -2.11. The first-order valence-electron chi connectivity index (χ1n) is 27.8. The summed E-state index contributed by atoms with van der Waals surface area (Å²) in [7, 11) is -3.44. The highest BCUT2D eigenvalue weighted by molar-refractivity contribution is 7.90. The van der Waals surface area contributed by atoms with Gasteiger partial charge in [0.25, 0.3) is 11.8 Å². The molecule has 0 aliphatic heterocycles. The number of nitrogens with one attached hydrogen (secondary N) is 6. The van der Waals surface area contributed by atoms with Crippen molar-refractivity contribution in [3.05, 3.63) is 202 Å². The van der Waals surface area contributed by atoms with Gasteiger partial charge in [-0.05, 0) is 149 Å². The molecule has 82 heavy (non-hydrogen) atoms. The van der Waals surface area contributed by atoms with E-state index in [2.05, 4.69) is 89.1 Å². The van der Waals surface area contributed by atoms with Crippen LogP contribution in [0.4, 0.5) is 21.0 Å². The zero-order valence-corrected chi connectivity index (χ0v) is 47.7. The van der Waals surface area contributed by atoms with E-state index >= 15 is 0 Å². The zero-order chi connectivity index (χ0) is 58.8. The number of aliphatic carboxylic acids is 2. The number of urea groups is 2. The molecule has 0 saturated heterocycles. The first-order valence-corrected chi connectivity index (χ1v) is 29.7. The van der Waals surface area contributed by atoms with E-state index in [1.54, 1.807) is 48.5 Å². The van der Waals surface area contributed by atoms with E-state index in [0.29, 0.717) is 22.7 Å². The third-order valence-corrected chi connectivity index (χ3v) is 15.7. The summed E-state index contributed by atoms with van der Waals surface area (Å²) in [5, 5.41) is 34.6. The minimum atomic E-state index is -3.44. The Hall–Kier alpha value is -8.57. The molecule has 0 heterocycles. The Balaban J connectivity index is 0.000000236. The average Bonchev–Trinajstić information content (AvgIpc) is 3.49. The van der Waals surface area contributed by atoms with E-state index in [0.717, 1.165) is 64.6 Å². The minimum absolute atomic E-state index is 0.0174. The van der Waals surface area contributed by atoms with Crippen molar-refractivity contribution in [1.29, 1.82) is 0 Å². The Labute approximate surface area is 480 Å². The van der Waals surface area contributed by atoms with Gasteiger partial charge in [0.2, 0.25) is 0 Å². The third-order valence-electron chi connectivity index (χ3n) is 14.6. The highest BCUT2D eigenvalue weighted by Gasteiger charge is 2.23. The molecule has 6 amide bonds. The van der Waals surface area contributed by atoms with Crippen molar-refractivity contribution >= 4 is 62.6 Å². The predicted octanol–water partition coefficient (Wildman–Crippen LogP) is 12.3. The van der Waals surface area contributed by atoms with Crippen molar-refractivity contribution in [3.8, 4) is 0 Å². The Kier molecular flexibility index (Phi) is 21.4. The lowest BCUT2D eigenvalue weighted by atomic mass is 9.83. The molecule has 430 valence electrons. The Bertz CT molecular complexity index is 3330. The van der Waals surface area contributed by atoms with Gasteiger partial charge in [0, 0.05) is 41.8 Å². The van der Waals surface area contributed by atoms with Crippen LogP contribution in [0, 0.1) is 0 Å². The summed E-state index contributed by atoms with van der Waals surface area (Å²) in [5.41, 5.74) is 10.0. The van der Waals surface area contributed by atoms with Crippen LogP contribution in [0.5, 0.6) is 0 Å². The van der Waals surface area contributed by atoms with Crippen LogP contribution in [0.15, 0.2) is 157 Å². The molecular weight excluding hydrogens is 1060 g/mol. The molecule has 0 aromatic heterocycles.